The predicted octanol–water partition coefficient (Wildman–Crippen LogP) is 22.8. The number of phosphoric acid groups is 1. The van der Waals surface area contributed by atoms with Gasteiger partial charge in [0.2, 0.25) is 5.91 Å². The van der Waals surface area contributed by atoms with Crippen LogP contribution in [-0.2, 0) is 18.4 Å². The zero-order valence-corrected chi connectivity index (χ0v) is 57.1. The van der Waals surface area contributed by atoms with Crippen molar-refractivity contribution in [2.45, 2.75) is 379 Å². The van der Waals surface area contributed by atoms with E-state index in [4.69, 9.17) is 9.05 Å². The second kappa shape index (κ2) is 64.9. The number of nitrogens with zero attached hydrogens (tertiary/aromatic N) is 1. The standard InChI is InChI=1S/C74H143N2O6P/c1-6-8-10-12-14-16-18-20-22-24-26-28-29-30-31-32-33-34-35-36-37-38-39-40-41-42-43-44-45-46-47-48-50-52-54-56-58-60-62-64-66-68-74(78)75-72(71-82-83(79,80)81-70-69-76(3,4)5)73(77)67-65-63-61-59-57-55-53-51-49-27-25-23-21-19-17-15-13-11-9-7-2/h18,20,24,26,29-30,65,67,72-73,77H,6-17,19,21-23,25,27-28,31-64,66,68-71H2,1-5H3,(H-,75,78,79,80)/b20-18-,26-24-,30-29-,67-65+. The molecule has 0 fully saturated rings. The van der Waals surface area contributed by atoms with E-state index in [2.05, 4.69) is 55.6 Å². The van der Waals surface area contributed by atoms with Gasteiger partial charge in [-0.25, -0.2) is 0 Å². The van der Waals surface area contributed by atoms with Crippen LogP contribution in [0, 0.1) is 0 Å². The summed E-state index contributed by atoms with van der Waals surface area (Å²) in [4.78, 5) is 25.6. The summed E-state index contributed by atoms with van der Waals surface area (Å²) in [6.07, 6.45) is 88.2. The average Bonchev–Trinajstić information content (AvgIpc) is 3.49. The lowest BCUT2D eigenvalue weighted by atomic mass is 10.0. The molecule has 9 heteroatoms. The molecule has 8 nitrogen and oxygen atoms in total. The fourth-order valence-electron chi connectivity index (χ4n) is 11.1. The lowest BCUT2D eigenvalue weighted by Crippen LogP contribution is -2.45. The molecule has 0 heterocycles. The summed E-state index contributed by atoms with van der Waals surface area (Å²) in [5.41, 5.74) is 0. The molecular weight excluding hydrogens is 1040 g/mol. The van der Waals surface area contributed by atoms with Gasteiger partial charge in [-0.15, -0.1) is 0 Å². The summed E-state index contributed by atoms with van der Waals surface area (Å²) in [5, 5.41) is 14.0. The van der Waals surface area contributed by atoms with Crippen molar-refractivity contribution in [2.24, 2.45) is 0 Å². The highest BCUT2D eigenvalue weighted by molar-refractivity contribution is 7.45. The lowest BCUT2D eigenvalue weighted by Gasteiger charge is -2.29. The Morgan fingerprint density at radius 3 is 1.01 bits per heavy atom. The third kappa shape index (κ3) is 67.8. The molecule has 3 atom stereocenters. The molecule has 0 radical (unpaired) electrons. The van der Waals surface area contributed by atoms with E-state index in [0.717, 1.165) is 51.4 Å². The molecule has 0 aliphatic carbocycles. The molecule has 0 aliphatic rings. The molecule has 3 unspecified atom stereocenters. The molecule has 1 amide bonds. The molecule has 0 saturated carbocycles. The van der Waals surface area contributed by atoms with Crippen LogP contribution in [-0.4, -0.2) is 68.5 Å². The predicted molar refractivity (Wildman–Crippen MR) is 362 cm³/mol. The Morgan fingerprint density at radius 2 is 0.699 bits per heavy atom. The van der Waals surface area contributed by atoms with Gasteiger partial charge in [-0.05, 0) is 57.8 Å². The zero-order chi connectivity index (χ0) is 60.5. The number of aliphatic hydroxyl groups is 1. The molecule has 0 aromatic heterocycles. The first-order valence-corrected chi connectivity index (χ1v) is 38.0. The molecule has 0 aromatic carbocycles. The maximum atomic E-state index is 13.0. The maximum Gasteiger partial charge on any atom is 0.268 e. The monoisotopic (exact) mass is 1190 g/mol. The van der Waals surface area contributed by atoms with Crippen LogP contribution in [0.4, 0.5) is 0 Å². The zero-order valence-electron chi connectivity index (χ0n) is 56.2. The van der Waals surface area contributed by atoms with Crippen molar-refractivity contribution in [3.63, 3.8) is 0 Å². The van der Waals surface area contributed by atoms with Crippen LogP contribution in [0.2, 0.25) is 0 Å². The number of likely N-dealkylation sites (N-methyl/N-ethyl adjacent to an activating group) is 1. The molecule has 490 valence electrons. The van der Waals surface area contributed by atoms with Gasteiger partial charge in [-0.1, -0.05) is 351 Å². The second-order valence-corrected chi connectivity index (χ2v) is 27.7. The second-order valence-electron chi connectivity index (χ2n) is 26.3. The lowest BCUT2D eigenvalue weighted by molar-refractivity contribution is -0.870. The van der Waals surface area contributed by atoms with Crippen LogP contribution in [0.5, 0.6) is 0 Å². The van der Waals surface area contributed by atoms with E-state index in [1.54, 1.807) is 6.08 Å². The van der Waals surface area contributed by atoms with E-state index < -0.39 is 20.0 Å². The first kappa shape index (κ1) is 81.5. The van der Waals surface area contributed by atoms with E-state index in [1.807, 2.05) is 27.2 Å². The summed E-state index contributed by atoms with van der Waals surface area (Å²) >= 11 is 0. The van der Waals surface area contributed by atoms with Crippen molar-refractivity contribution in [1.82, 2.24) is 5.32 Å². The number of carbonyl (C=O) groups excluding carboxylic acids is 1. The van der Waals surface area contributed by atoms with Gasteiger partial charge in [-0.2, -0.15) is 0 Å². The van der Waals surface area contributed by atoms with Crippen LogP contribution < -0.4 is 10.2 Å². The number of nitrogens with one attached hydrogen (secondary N) is 1. The molecule has 0 bridgehead atoms. The van der Waals surface area contributed by atoms with Crippen molar-refractivity contribution in [3.05, 3.63) is 48.6 Å². The smallest absolute Gasteiger partial charge is 0.268 e. The normalized spacial score (nSPS) is 13.9. The number of amides is 1. The minimum atomic E-state index is -4.60. The van der Waals surface area contributed by atoms with Crippen LogP contribution in [0.15, 0.2) is 48.6 Å². The topological polar surface area (TPSA) is 108 Å². The van der Waals surface area contributed by atoms with Crippen molar-refractivity contribution in [1.29, 1.82) is 0 Å². The molecule has 83 heavy (non-hydrogen) atoms. The highest BCUT2D eigenvalue weighted by Crippen LogP contribution is 2.38. The number of unbranched alkanes of at least 4 members (excludes halogenated alkanes) is 49. The summed E-state index contributed by atoms with van der Waals surface area (Å²) in [6, 6.07) is -0.886. The number of aliphatic hydroxyl groups excluding tert-OH is 1. The van der Waals surface area contributed by atoms with Gasteiger partial charge in [0.25, 0.3) is 7.82 Å². The molecule has 0 aliphatic heterocycles. The van der Waals surface area contributed by atoms with E-state index in [-0.39, 0.29) is 19.1 Å². The number of phosphoric ester groups is 1. The molecule has 0 rings (SSSR count). The van der Waals surface area contributed by atoms with Crippen molar-refractivity contribution >= 4 is 13.7 Å². The number of carbonyl (C=O) groups is 1. The number of allylic oxidation sites excluding steroid dienone is 7. The molecular formula is C74H143N2O6P. The summed E-state index contributed by atoms with van der Waals surface area (Å²) in [6.45, 7) is 4.69. The Labute approximate surface area is 518 Å². The van der Waals surface area contributed by atoms with Gasteiger partial charge in [0.15, 0.2) is 0 Å². The SMILES string of the molecule is CCCCCCC/C=C\C/C=C\C/C=C\CCCCCCCCCCCCCCCCCCCCCCCCCCCCC(=O)NC(COP(=O)([O-])OCC[N+](C)(C)C)C(O)/C=C/CCCCCCCCCCCCCCCCCCCC. The van der Waals surface area contributed by atoms with Gasteiger partial charge < -0.3 is 28.8 Å². The van der Waals surface area contributed by atoms with E-state index >= 15 is 0 Å². The van der Waals surface area contributed by atoms with Crippen molar-refractivity contribution < 1.29 is 32.9 Å². The van der Waals surface area contributed by atoms with Crippen LogP contribution in [0.1, 0.15) is 367 Å². The fourth-order valence-corrected chi connectivity index (χ4v) is 11.8. The van der Waals surface area contributed by atoms with Gasteiger partial charge in [0, 0.05) is 6.42 Å². The fraction of sp³-hybridized carbons (Fsp3) is 0.878. The molecule has 0 spiro atoms. The third-order valence-electron chi connectivity index (χ3n) is 16.8. The molecule has 0 saturated heterocycles. The Balaban J connectivity index is 3.91. The van der Waals surface area contributed by atoms with Gasteiger partial charge in [0.1, 0.15) is 13.2 Å². The minimum Gasteiger partial charge on any atom is -0.756 e. The van der Waals surface area contributed by atoms with Crippen LogP contribution in [0.25, 0.3) is 0 Å². The first-order chi connectivity index (χ1) is 40.5. The Hall–Kier alpha value is -1.54. The van der Waals surface area contributed by atoms with Gasteiger partial charge in [0.05, 0.1) is 39.9 Å². The Morgan fingerprint density at radius 1 is 0.422 bits per heavy atom. The van der Waals surface area contributed by atoms with Crippen molar-refractivity contribution in [3.8, 4) is 0 Å². The van der Waals surface area contributed by atoms with Crippen molar-refractivity contribution in [2.75, 3.05) is 40.9 Å². The summed E-state index contributed by atoms with van der Waals surface area (Å²) < 4.78 is 23.5. The molecule has 0 aromatic rings. The average molecular weight is 1190 g/mol. The van der Waals surface area contributed by atoms with Crippen LogP contribution >= 0.6 is 7.82 Å². The Kier molecular flexibility index (Phi) is 63.7. The van der Waals surface area contributed by atoms with E-state index in [1.165, 1.54) is 295 Å². The highest BCUT2D eigenvalue weighted by Gasteiger charge is 2.23. The van der Waals surface area contributed by atoms with E-state index in [0.29, 0.717) is 17.4 Å². The quantitative estimate of drug-likeness (QED) is 0.0272. The third-order valence-corrected chi connectivity index (χ3v) is 17.7. The van der Waals surface area contributed by atoms with Gasteiger partial charge >= 0.3 is 0 Å². The van der Waals surface area contributed by atoms with E-state index in [9.17, 15) is 19.4 Å². The number of quaternary nitrogens is 1. The van der Waals surface area contributed by atoms with Crippen LogP contribution in [0.3, 0.4) is 0 Å². The largest absolute Gasteiger partial charge is 0.756 e. The maximum absolute atomic E-state index is 13.0. The minimum absolute atomic E-state index is 0.00109. The highest BCUT2D eigenvalue weighted by atomic mass is 31.2. The number of hydrogen-bond acceptors (Lipinski definition) is 6. The molecule has 2 N–H and O–H groups in total. The summed E-state index contributed by atoms with van der Waals surface area (Å²) in [5.74, 6) is -0.190. The number of rotatable bonds is 68. The first-order valence-electron chi connectivity index (χ1n) is 36.5. The summed E-state index contributed by atoms with van der Waals surface area (Å²) in [7, 11) is 1.28. The van der Waals surface area contributed by atoms with Gasteiger partial charge in [-0.3, -0.25) is 9.36 Å². The number of hydrogen-bond donors (Lipinski definition) is 2. The Bertz CT molecular complexity index is 1490.